The van der Waals surface area contributed by atoms with E-state index in [1.54, 1.807) is 28.5 Å². The molecule has 1 nitrogen and oxygen atoms in total. The average Bonchev–Trinajstić information content (AvgIpc) is 3.34. The summed E-state index contributed by atoms with van der Waals surface area (Å²) in [5.41, 5.74) is 8.69. The summed E-state index contributed by atoms with van der Waals surface area (Å²) in [7, 11) is 0. The smallest absolute Gasteiger partial charge is 0.147 e. The molecule has 29 heavy (non-hydrogen) atoms. The van der Waals surface area contributed by atoms with Crippen LogP contribution in [0.2, 0.25) is 13.1 Å². The molecule has 2 aliphatic carbocycles. The molecule has 2 aromatic rings. The molecule has 0 aliphatic heterocycles. The minimum absolute atomic E-state index is 0. The van der Waals surface area contributed by atoms with Crippen LogP contribution >= 0.6 is 24.8 Å². The van der Waals surface area contributed by atoms with Gasteiger partial charge in [0.25, 0.3) is 0 Å². The SMILES string of the molecule is CC1=C(C)C(C)[C]([Zr]([CH]2C=C(c3ccco3)c3ccccc32)=[Si](C)C)=C1C.Cl.Cl. The summed E-state index contributed by atoms with van der Waals surface area (Å²) < 4.78 is 8.32. The quantitative estimate of drug-likeness (QED) is 0.374. The van der Waals surface area contributed by atoms with E-state index in [1.807, 2.05) is 9.35 Å². The molecule has 0 amide bonds. The molecule has 2 unspecified atom stereocenters. The van der Waals surface area contributed by atoms with Gasteiger partial charge in [-0.2, -0.15) is 0 Å². The number of rotatable bonds is 3. The number of hydrogen-bond acceptors (Lipinski definition) is 1. The summed E-state index contributed by atoms with van der Waals surface area (Å²) in [6, 6.07) is 13.2. The topological polar surface area (TPSA) is 13.1 Å². The first-order chi connectivity index (χ1) is 12.9. The summed E-state index contributed by atoms with van der Waals surface area (Å²) in [6.07, 6.45) is 4.37. The molecule has 0 saturated heterocycles. The van der Waals surface area contributed by atoms with E-state index in [4.69, 9.17) is 4.42 Å². The van der Waals surface area contributed by atoms with E-state index < -0.39 is 20.4 Å². The molecule has 0 spiro atoms. The van der Waals surface area contributed by atoms with Crippen LogP contribution in [0.3, 0.4) is 0 Å². The molecule has 1 aromatic heterocycles. The monoisotopic (exact) mass is 522 g/mol. The maximum Gasteiger partial charge on any atom is -0.147 e. The number of benzene rings is 1. The third kappa shape index (κ3) is 4.13. The van der Waals surface area contributed by atoms with Gasteiger partial charge in [-0.25, -0.2) is 0 Å². The Bertz CT molecular complexity index is 1040. The van der Waals surface area contributed by atoms with Crippen molar-refractivity contribution in [3.8, 4) is 0 Å². The zero-order valence-electron chi connectivity index (χ0n) is 18.0. The number of furan rings is 1. The van der Waals surface area contributed by atoms with Crippen molar-refractivity contribution in [2.75, 3.05) is 0 Å². The molecule has 1 aromatic carbocycles. The Balaban J connectivity index is 0.00000150. The van der Waals surface area contributed by atoms with Crippen molar-refractivity contribution in [3.63, 3.8) is 0 Å². The summed E-state index contributed by atoms with van der Waals surface area (Å²) in [4.78, 5) is 0. The predicted molar refractivity (Wildman–Crippen MR) is 127 cm³/mol. The maximum atomic E-state index is 5.81. The van der Waals surface area contributed by atoms with Crippen LogP contribution in [0.1, 0.15) is 48.2 Å². The van der Waals surface area contributed by atoms with Gasteiger partial charge in [-0.1, -0.05) is 0 Å². The van der Waals surface area contributed by atoms with Gasteiger partial charge in [0.1, 0.15) is 0 Å². The molecule has 0 radical (unpaired) electrons. The first-order valence-electron chi connectivity index (χ1n) is 9.83. The Morgan fingerprint density at radius 3 is 2.17 bits per heavy atom. The van der Waals surface area contributed by atoms with Crippen LogP contribution in [0.15, 0.2) is 73.2 Å². The van der Waals surface area contributed by atoms with Crippen molar-refractivity contribution in [2.24, 2.45) is 5.92 Å². The first kappa shape index (κ1) is 24.7. The minimum atomic E-state index is -1.90. The standard InChI is InChI=1S/C13H9O.C9H13.C2H6Si.2ClH.Zr/c1-2-5-11-10(4-1)7-8-12(11)13-6-3-9-14-13;1-6-5-7(2)9(4)8(6)3;1-3-2;;;/h1-9H;6H,1-4H3;1-2H3;2*1H;. The van der Waals surface area contributed by atoms with Crippen molar-refractivity contribution >= 4 is 35.8 Å². The predicted octanol–water partition coefficient (Wildman–Crippen LogP) is 7.74. The van der Waals surface area contributed by atoms with E-state index in [9.17, 15) is 0 Å². The Hall–Kier alpha value is -0.600. The molecular formula is C24H30Cl2OSiZr. The molecule has 0 saturated carbocycles. The third-order valence-electron chi connectivity index (χ3n) is 6.49. The van der Waals surface area contributed by atoms with Gasteiger partial charge in [0.15, 0.2) is 0 Å². The minimum Gasteiger partial charge on any atom is -0.147 e. The number of allylic oxidation sites excluding steroid dienone is 5. The molecular weight excluding hydrogens is 494 g/mol. The normalized spacial score (nSPS) is 20.1. The Morgan fingerprint density at radius 2 is 1.62 bits per heavy atom. The molecule has 2 atom stereocenters. The largest absolute Gasteiger partial charge is 0.147 e. The van der Waals surface area contributed by atoms with Crippen LogP contribution in [-0.4, -0.2) is 5.43 Å². The molecule has 2 aliphatic rings. The van der Waals surface area contributed by atoms with Crippen LogP contribution in [0, 0.1) is 5.92 Å². The zero-order chi connectivity index (χ0) is 19.3. The molecule has 0 fully saturated rings. The summed E-state index contributed by atoms with van der Waals surface area (Å²) in [5, 5.41) is 0. The van der Waals surface area contributed by atoms with Crippen LogP contribution in [0.25, 0.3) is 5.57 Å². The van der Waals surface area contributed by atoms with Crippen molar-refractivity contribution in [1.29, 1.82) is 0 Å². The second-order valence-corrected chi connectivity index (χ2v) is 25.6. The van der Waals surface area contributed by atoms with E-state index in [-0.39, 0.29) is 30.2 Å². The van der Waals surface area contributed by atoms with Crippen LogP contribution in [-0.2, 0) is 20.4 Å². The zero-order valence-corrected chi connectivity index (χ0v) is 23.1. The molecule has 5 heteroatoms. The van der Waals surface area contributed by atoms with Gasteiger partial charge in [-0.15, -0.1) is 24.8 Å². The van der Waals surface area contributed by atoms with E-state index >= 15 is 0 Å². The van der Waals surface area contributed by atoms with Gasteiger partial charge in [0, 0.05) is 0 Å². The van der Waals surface area contributed by atoms with Crippen LogP contribution in [0.4, 0.5) is 0 Å². The van der Waals surface area contributed by atoms with Crippen LogP contribution < -0.4 is 0 Å². The van der Waals surface area contributed by atoms with E-state index in [2.05, 4.69) is 77.2 Å². The Kier molecular flexibility index (Phi) is 8.24. The van der Waals surface area contributed by atoms with Gasteiger partial charge >= 0.3 is 172 Å². The van der Waals surface area contributed by atoms with Gasteiger partial charge in [-0.05, 0) is 0 Å². The summed E-state index contributed by atoms with van der Waals surface area (Å²) in [6.45, 7) is 14.7. The molecule has 0 bridgehead atoms. The van der Waals surface area contributed by atoms with E-state index in [1.165, 1.54) is 11.1 Å². The fourth-order valence-electron chi connectivity index (χ4n) is 4.79. The second kappa shape index (κ2) is 9.69. The molecule has 0 N–H and O–H groups in total. The third-order valence-corrected chi connectivity index (χ3v) is 25.1. The fourth-order valence-corrected chi connectivity index (χ4v) is 24.5. The average molecular weight is 525 g/mol. The Labute approximate surface area is 195 Å². The van der Waals surface area contributed by atoms with Gasteiger partial charge in [0.05, 0.1) is 0 Å². The van der Waals surface area contributed by atoms with E-state index in [0.29, 0.717) is 9.54 Å². The second-order valence-electron chi connectivity index (χ2n) is 8.10. The van der Waals surface area contributed by atoms with Gasteiger partial charge < -0.3 is 0 Å². The van der Waals surface area contributed by atoms with Crippen molar-refractivity contribution in [2.45, 2.75) is 44.4 Å². The summed E-state index contributed by atoms with van der Waals surface area (Å²) >= 11 is -1.90. The van der Waals surface area contributed by atoms with Gasteiger partial charge in [0.2, 0.25) is 0 Å². The molecule has 1 heterocycles. The number of hydrogen-bond donors (Lipinski definition) is 0. The number of halogens is 2. The van der Waals surface area contributed by atoms with Crippen LogP contribution in [0.5, 0.6) is 0 Å². The summed E-state index contributed by atoms with van der Waals surface area (Å²) in [5.74, 6) is 1.66. The first-order valence-corrected chi connectivity index (χ1v) is 18.7. The van der Waals surface area contributed by atoms with Gasteiger partial charge in [-0.3, -0.25) is 0 Å². The van der Waals surface area contributed by atoms with Crippen molar-refractivity contribution < 1.29 is 24.8 Å². The Morgan fingerprint density at radius 1 is 0.931 bits per heavy atom. The molecule has 154 valence electrons. The van der Waals surface area contributed by atoms with Crippen molar-refractivity contribution in [3.05, 3.63) is 85.6 Å². The molecule has 4 rings (SSSR count). The maximum absolute atomic E-state index is 5.81. The number of fused-ring (bicyclic) bond motifs is 1. The van der Waals surface area contributed by atoms with Crippen molar-refractivity contribution in [1.82, 2.24) is 0 Å². The fraction of sp³-hybridized carbons (Fsp3) is 0.333. The van der Waals surface area contributed by atoms with E-state index in [0.717, 1.165) is 5.76 Å².